The molecule has 0 saturated heterocycles. The van der Waals surface area contributed by atoms with Crippen molar-refractivity contribution in [2.24, 2.45) is 0 Å². The van der Waals surface area contributed by atoms with Gasteiger partial charge in [0, 0.05) is 23.6 Å². The molecular formula is C11H28NO4PS. The van der Waals surface area contributed by atoms with Crippen molar-refractivity contribution in [3.63, 3.8) is 0 Å². The largest absolute Gasteiger partial charge is 0.395 e. The van der Waals surface area contributed by atoms with E-state index in [1.807, 2.05) is 32.4 Å². The number of aliphatic hydroxyl groups is 1. The average Bonchev–Trinajstić information content (AvgIpc) is 2.15. The normalized spacial score (nSPS) is 19.3. The van der Waals surface area contributed by atoms with E-state index in [4.69, 9.17) is 9.63 Å². The summed E-state index contributed by atoms with van der Waals surface area (Å²) in [5.41, 5.74) is 0. The predicted octanol–water partition coefficient (Wildman–Crippen LogP) is 2.24. The molecule has 0 spiro atoms. The summed E-state index contributed by atoms with van der Waals surface area (Å²) >= 11 is 0. The van der Waals surface area contributed by atoms with Crippen molar-refractivity contribution in [3.05, 3.63) is 0 Å². The highest BCUT2D eigenvalue weighted by atomic mass is 32.3. The third-order valence-corrected chi connectivity index (χ3v) is 6.36. The Morgan fingerprint density at radius 1 is 1.17 bits per heavy atom. The van der Waals surface area contributed by atoms with Gasteiger partial charge in [0.05, 0.1) is 13.2 Å². The Bertz CT molecular complexity index is 221. The summed E-state index contributed by atoms with van der Waals surface area (Å²) in [5.74, 6) is 0.884. The van der Waals surface area contributed by atoms with Crippen LogP contribution in [0.25, 0.3) is 0 Å². The van der Waals surface area contributed by atoms with E-state index in [-0.39, 0.29) is 18.7 Å². The smallest absolute Gasteiger partial charge is 0.256 e. The molecule has 2 unspecified atom stereocenters. The second-order valence-corrected chi connectivity index (χ2v) is 9.49. The van der Waals surface area contributed by atoms with Crippen LogP contribution < -0.4 is 0 Å². The van der Waals surface area contributed by atoms with E-state index in [0.29, 0.717) is 18.1 Å². The molecule has 0 heterocycles. The van der Waals surface area contributed by atoms with E-state index in [1.165, 1.54) is 0 Å². The van der Waals surface area contributed by atoms with Crippen LogP contribution in [0.4, 0.5) is 0 Å². The first kappa shape index (κ1) is 18.6. The Kier molecular flexibility index (Phi) is 8.97. The van der Waals surface area contributed by atoms with Gasteiger partial charge >= 0.3 is 0 Å². The average molecular weight is 301 g/mol. The predicted molar refractivity (Wildman–Crippen MR) is 80.2 cm³/mol. The van der Waals surface area contributed by atoms with Crippen molar-refractivity contribution in [2.75, 3.05) is 31.0 Å². The minimum Gasteiger partial charge on any atom is -0.395 e. The lowest BCUT2D eigenvalue weighted by Gasteiger charge is -2.34. The van der Waals surface area contributed by atoms with Crippen molar-refractivity contribution in [1.29, 1.82) is 0 Å². The molecule has 0 radical (unpaired) electrons. The van der Waals surface area contributed by atoms with Gasteiger partial charge in [0.1, 0.15) is 0 Å². The molecule has 0 aromatic heterocycles. The lowest BCUT2D eigenvalue weighted by molar-refractivity contribution is 0.220. The highest BCUT2D eigenvalue weighted by Crippen LogP contribution is 2.43. The van der Waals surface area contributed by atoms with Gasteiger partial charge in [0.2, 0.25) is 0 Å². The van der Waals surface area contributed by atoms with Gasteiger partial charge in [-0.25, -0.2) is 4.67 Å². The van der Waals surface area contributed by atoms with E-state index in [1.54, 1.807) is 6.26 Å². The molecule has 0 aliphatic carbocycles. The molecule has 0 saturated carbocycles. The Morgan fingerprint density at radius 2 is 1.67 bits per heavy atom. The van der Waals surface area contributed by atoms with Crippen LogP contribution in [-0.2, 0) is 4.52 Å². The maximum atomic E-state index is 10.0. The molecule has 5 nitrogen and oxygen atoms in total. The van der Waals surface area contributed by atoms with Crippen molar-refractivity contribution in [3.8, 4) is 0 Å². The summed E-state index contributed by atoms with van der Waals surface area (Å²) in [5, 5.41) is 8.81. The summed E-state index contributed by atoms with van der Waals surface area (Å²) in [7, 11) is -3.40. The fourth-order valence-electron chi connectivity index (χ4n) is 1.66. The van der Waals surface area contributed by atoms with Gasteiger partial charge in [-0.15, -0.1) is 10.3 Å². The van der Waals surface area contributed by atoms with Gasteiger partial charge in [-0.3, -0.25) is 0 Å². The monoisotopic (exact) mass is 301 g/mol. The first-order chi connectivity index (χ1) is 8.21. The van der Waals surface area contributed by atoms with Gasteiger partial charge in [-0.2, -0.15) is 0 Å². The quantitative estimate of drug-likeness (QED) is 0.570. The molecule has 0 aromatic carbocycles. The molecule has 2 atom stereocenters. The van der Waals surface area contributed by atoms with Crippen LogP contribution >= 0.6 is 18.8 Å². The lowest BCUT2D eigenvalue weighted by atomic mass is 10.3. The Balaban J connectivity index is 4.12. The first-order valence-corrected chi connectivity index (χ1v) is 9.68. The lowest BCUT2D eigenvalue weighted by Crippen LogP contribution is -2.33. The van der Waals surface area contributed by atoms with Crippen LogP contribution in [0.2, 0.25) is 0 Å². The van der Waals surface area contributed by atoms with E-state index < -0.39 is 18.8 Å². The molecule has 112 valence electrons. The minimum absolute atomic E-state index is 0.0136. The van der Waals surface area contributed by atoms with Crippen molar-refractivity contribution in [2.45, 2.75) is 39.8 Å². The third kappa shape index (κ3) is 7.24. The molecule has 18 heavy (non-hydrogen) atoms. The highest BCUT2D eigenvalue weighted by Gasteiger charge is 2.24. The first-order valence-electron chi connectivity index (χ1n) is 6.18. The zero-order chi connectivity index (χ0) is 14.3. The van der Waals surface area contributed by atoms with Gasteiger partial charge in [0.25, 0.3) is 8.53 Å². The van der Waals surface area contributed by atoms with Crippen LogP contribution in [0, 0.1) is 0 Å². The summed E-state index contributed by atoms with van der Waals surface area (Å²) in [6, 6.07) is 0.429. The third-order valence-electron chi connectivity index (χ3n) is 2.52. The van der Waals surface area contributed by atoms with E-state index in [2.05, 4.69) is 0 Å². The molecule has 0 fully saturated rings. The van der Waals surface area contributed by atoms with Crippen LogP contribution in [0.15, 0.2) is 0 Å². The number of hydrogen-bond acceptors (Lipinski definition) is 5. The minimum atomic E-state index is -1.79. The molecular weight excluding hydrogens is 273 g/mol. The Labute approximate surface area is 114 Å². The van der Waals surface area contributed by atoms with E-state index >= 15 is 0 Å². The van der Waals surface area contributed by atoms with Crippen LogP contribution in [0.3, 0.4) is 0 Å². The summed E-state index contributed by atoms with van der Waals surface area (Å²) in [6.07, 6.45) is 1.74. The highest BCUT2D eigenvalue weighted by molar-refractivity contribution is 8.28. The van der Waals surface area contributed by atoms with Crippen LogP contribution in [0.1, 0.15) is 27.7 Å². The topological polar surface area (TPSA) is 73.2 Å². The molecule has 3 N–H and O–H groups in total. The summed E-state index contributed by atoms with van der Waals surface area (Å²) in [4.78, 5) is 10.0. The van der Waals surface area contributed by atoms with Gasteiger partial charge in [-0.05, 0) is 34.0 Å². The fourth-order valence-corrected chi connectivity index (χ4v) is 4.00. The van der Waals surface area contributed by atoms with E-state index in [9.17, 15) is 9.45 Å². The fraction of sp³-hybridized carbons (Fsp3) is 1.00. The number of rotatable bonds is 9. The maximum Gasteiger partial charge on any atom is 0.256 e. The maximum absolute atomic E-state index is 10.0. The molecule has 0 aliphatic heterocycles. The van der Waals surface area contributed by atoms with Crippen molar-refractivity contribution >= 4 is 18.8 Å². The van der Waals surface area contributed by atoms with Crippen molar-refractivity contribution < 1.29 is 19.1 Å². The van der Waals surface area contributed by atoms with Gasteiger partial charge < -0.3 is 19.1 Å². The zero-order valence-corrected chi connectivity index (χ0v) is 13.7. The molecule has 0 rings (SSSR count). The molecule has 7 heteroatoms. The van der Waals surface area contributed by atoms with Crippen LogP contribution in [0.5, 0.6) is 0 Å². The van der Waals surface area contributed by atoms with Crippen LogP contribution in [-0.4, -0.2) is 62.3 Å². The number of nitrogens with zero attached hydrogens (tertiary/aromatic N) is 1. The number of hydrogen-bond donors (Lipinski definition) is 3. The second-order valence-electron chi connectivity index (χ2n) is 5.01. The summed E-state index contributed by atoms with van der Waals surface area (Å²) < 4.78 is 17.3. The number of aliphatic hydroxyl groups excluding tert-OH is 1. The van der Waals surface area contributed by atoms with Crippen molar-refractivity contribution in [1.82, 2.24) is 4.67 Å². The zero-order valence-electron chi connectivity index (χ0n) is 12.0. The molecule has 0 amide bonds. The van der Waals surface area contributed by atoms with Gasteiger partial charge in [-0.1, -0.05) is 0 Å². The Morgan fingerprint density at radius 3 is 2.06 bits per heavy atom. The molecule has 0 bridgehead atoms. The van der Waals surface area contributed by atoms with Gasteiger partial charge in [0.15, 0.2) is 0 Å². The van der Waals surface area contributed by atoms with E-state index in [0.717, 1.165) is 0 Å². The molecule has 0 aliphatic rings. The Hall–Kier alpha value is 0.580. The molecule has 0 aromatic rings. The standard InChI is InChI=1S/C11H28NO4PS/c1-10(2)12(11(3)4)17(14)16-7-9-18(5,15)8-6-13/h10-11,13-15H,6-9H2,1-5H3. The SMILES string of the molecule is CC(C)N(C(C)C)P(O)OCCS(C)(O)CCO. The second kappa shape index (κ2) is 8.69. The summed E-state index contributed by atoms with van der Waals surface area (Å²) in [6.45, 7) is 8.37.